The number of anilines is 1. The lowest BCUT2D eigenvalue weighted by atomic mass is 10.0. The maximum Gasteiger partial charge on any atom is 0.338 e. The summed E-state index contributed by atoms with van der Waals surface area (Å²) in [5.74, 6) is -0.598. The lowest BCUT2D eigenvalue weighted by Crippen LogP contribution is -2.35. The Balaban J connectivity index is 1.42. The topological polar surface area (TPSA) is 88.9 Å². The van der Waals surface area contributed by atoms with Gasteiger partial charge in [0.1, 0.15) is 23.7 Å². The van der Waals surface area contributed by atoms with Gasteiger partial charge in [-0.25, -0.2) is 9.80 Å². The first kappa shape index (κ1) is 19.4. The van der Waals surface area contributed by atoms with Crippen LogP contribution in [-0.2, 0) is 20.9 Å². The maximum atomic E-state index is 12.8. The second-order valence-electron chi connectivity index (χ2n) is 6.89. The number of benzene rings is 2. The van der Waals surface area contributed by atoms with Gasteiger partial charge in [0, 0.05) is 11.1 Å². The molecule has 3 heterocycles. The largest absolute Gasteiger partial charge is 0.457 e. The van der Waals surface area contributed by atoms with Crippen LogP contribution in [0.4, 0.5) is 5.69 Å². The molecule has 2 aromatic carbocycles. The number of cyclic esters (lactones) is 1. The van der Waals surface area contributed by atoms with Crippen LogP contribution >= 0.6 is 23.2 Å². The van der Waals surface area contributed by atoms with E-state index in [1.54, 1.807) is 30.3 Å². The van der Waals surface area contributed by atoms with Crippen molar-refractivity contribution in [2.45, 2.75) is 6.61 Å². The van der Waals surface area contributed by atoms with E-state index in [2.05, 4.69) is 5.43 Å². The molecule has 1 N–H and O–H groups in total. The van der Waals surface area contributed by atoms with Crippen molar-refractivity contribution in [3.8, 4) is 11.3 Å². The molecule has 7 nitrogen and oxygen atoms in total. The van der Waals surface area contributed by atoms with Crippen molar-refractivity contribution in [2.24, 2.45) is 0 Å². The summed E-state index contributed by atoms with van der Waals surface area (Å²) in [6.45, 7) is 0.221. The van der Waals surface area contributed by atoms with E-state index in [4.69, 9.17) is 32.4 Å². The van der Waals surface area contributed by atoms with Crippen LogP contribution in [0.2, 0.25) is 10.0 Å². The maximum absolute atomic E-state index is 12.8. The van der Waals surface area contributed by atoms with Gasteiger partial charge in [-0.05, 0) is 48.5 Å². The normalized spacial score (nSPS) is 16.6. The quantitative estimate of drug-likeness (QED) is 0.360. The zero-order chi connectivity index (χ0) is 21.7. The van der Waals surface area contributed by atoms with Gasteiger partial charge in [0.05, 0.1) is 21.3 Å². The van der Waals surface area contributed by atoms with Crippen LogP contribution < -0.4 is 10.4 Å². The Kier molecular flexibility index (Phi) is 4.57. The van der Waals surface area contributed by atoms with E-state index in [-0.39, 0.29) is 23.2 Å². The molecule has 3 aromatic rings. The lowest BCUT2D eigenvalue weighted by Gasteiger charge is -2.15. The van der Waals surface area contributed by atoms with Gasteiger partial charge in [-0.1, -0.05) is 29.3 Å². The Bertz CT molecular complexity index is 1310. The number of halogens is 2. The van der Waals surface area contributed by atoms with Crippen LogP contribution in [0.5, 0.6) is 0 Å². The van der Waals surface area contributed by atoms with E-state index in [0.29, 0.717) is 27.8 Å². The minimum atomic E-state index is -0.567. The highest BCUT2D eigenvalue weighted by Gasteiger charge is 2.35. The predicted octanol–water partition coefficient (Wildman–Crippen LogP) is 4.39. The molecule has 1 aromatic heterocycles. The summed E-state index contributed by atoms with van der Waals surface area (Å²) in [5, 5.41) is 1.69. The van der Waals surface area contributed by atoms with E-state index >= 15 is 0 Å². The van der Waals surface area contributed by atoms with Crippen molar-refractivity contribution in [2.75, 3.05) is 5.01 Å². The molecule has 0 aliphatic carbocycles. The number of hydrogen-bond donors (Lipinski definition) is 1. The first-order valence-electron chi connectivity index (χ1n) is 9.13. The van der Waals surface area contributed by atoms with Gasteiger partial charge in [0.2, 0.25) is 0 Å². The molecule has 0 spiro atoms. The van der Waals surface area contributed by atoms with Crippen LogP contribution in [0.3, 0.4) is 0 Å². The predicted molar refractivity (Wildman–Crippen MR) is 113 cm³/mol. The number of nitrogens with one attached hydrogen (secondary N) is 1. The zero-order valence-electron chi connectivity index (χ0n) is 15.6. The lowest BCUT2D eigenvalue weighted by molar-refractivity contribution is -0.117. The summed E-state index contributed by atoms with van der Waals surface area (Å²) < 4.78 is 10.8. The van der Waals surface area contributed by atoms with Crippen molar-refractivity contribution in [1.29, 1.82) is 0 Å². The van der Waals surface area contributed by atoms with Crippen molar-refractivity contribution in [1.82, 2.24) is 5.43 Å². The molecule has 31 heavy (non-hydrogen) atoms. The Morgan fingerprint density at radius 3 is 2.61 bits per heavy atom. The van der Waals surface area contributed by atoms with Crippen LogP contribution in [0.25, 0.3) is 17.4 Å². The number of ether oxygens (including phenoxy) is 1. The van der Waals surface area contributed by atoms with Gasteiger partial charge in [0.15, 0.2) is 0 Å². The molecule has 0 bridgehead atoms. The molecule has 2 aliphatic heterocycles. The van der Waals surface area contributed by atoms with Gasteiger partial charge in [0.25, 0.3) is 11.8 Å². The van der Waals surface area contributed by atoms with E-state index in [1.165, 1.54) is 18.2 Å². The van der Waals surface area contributed by atoms with Crippen molar-refractivity contribution >= 4 is 52.7 Å². The van der Waals surface area contributed by atoms with E-state index in [9.17, 15) is 14.4 Å². The smallest absolute Gasteiger partial charge is 0.338 e. The molecule has 0 unspecified atom stereocenters. The number of amides is 2. The number of rotatable bonds is 3. The van der Waals surface area contributed by atoms with E-state index in [1.807, 2.05) is 6.07 Å². The Morgan fingerprint density at radius 2 is 1.81 bits per heavy atom. The molecule has 0 radical (unpaired) electrons. The van der Waals surface area contributed by atoms with Crippen LogP contribution in [-0.4, -0.2) is 17.8 Å². The molecule has 0 atom stereocenters. The minimum absolute atomic E-state index is 0.0834. The van der Waals surface area contributed by atoms with Crippen molar-refractivity contribution in [3.05, 3.63) is 81.0 Å². The van der Waals surface area contributed by atoms with E-state index < -0.39 is 11.8 Å². The highest BCUT2D eigenvalue weighted by Crippen LogP contribution is 2.31. The fraction of sp³-hybridized carbons (Fsp3) is 0.0455. The fourth-order valence-electron chi connectivity index (χ4n) is 3.38. The second-order valence-corrected chi connectivity index (χ2v) is 7.70. The highest BCUT2D eigenvalue weighted by molar-refractivity contribution is 6.42. The average molecular weight is 455 g/mol. The number of furan rings is 1. The molecule has 2 amide bonds. The first-order valence-corrected chi connectivity index (χ1v) is 9.89. The first-order chi connectivity index (χ1) is 14.9. The Morgan fingerprint density at radius 1 is 0.968 bits per heavy atom. The third kappa shape index (κ3) is 3.37. The van der Waals surface area contributed by atoms with Crippen LogP contribution in [0, 0.1) is 0 Å². The molecule has 9 heteroatoms. The fourth-order valence-corrected chi connectivity index (χ4v) is 3.67. The summed E-state index contributed by atoms with van der Waals surface area (Å²) >= 11 is 11.9. The Labute approximate surface area is 185 Å². The summed E-state index contributed by atoms with van der Waals surface area (Å²) in [7, 11) is 0. The molecule has 1 saturated heterocycles. The number of esters is 1. The monoisotopic (exact) mass is 454 g/mol. The summed E-state index contributed by atoms with van der Waals surface area (Å²) in [6.07, 6.45) is 1.37. The number of hydrazine groups is 1. The minimum Gasteiger partial charge on any atom is -0.457 e. The Hall–Kier alpha value is -3.55. The van der Waals surface area contributed by atoms with Crippen molar-refractivity contribution in [3.63, 3.8) is 0 Å². The van der Waals surface area contributed by atoms with Gasteiger partial charge in [-0.2, -0.15) is 0 Å². The summed E-state index contributed by atoms with van der Waals surface area (Å²) in [4.78, 5) is 36.7. The third-order valence-corrected chi connectivity index (χ3v) is 5.67. The third-order valence-electron chi connectivity index (χ3n) is 4.93. The number of nitrogens with zero attached hydrogens (tertiary/aromatic N) is 1. The molecular formula is C22H12Cl2N2O5. The number of hydrogen-bond acceptors (Lipinski definition) is 5. The standard InChI is InChI=1S/C22H12Cl2N2O5/c23-17-5-2-13(8-18(17)24)26-21(28)16(20(27)25-26)9-14-3-6-19(31-14)11-1-4-15-12(7-11)10-30-22(15)29/h1-9H,10H2,(H,25,27)/b16-9+. The number of fused-ring (bicyclic) bond motifs is 1. The average Bonchev–Trinajstić information content (AvgIpc) is 3.45. The summed E-state index contributed by atoms with van der Waals surface area (Å²) in [6, 6.07) is 13.2. The molecular weight excluding hydrogens is 443 g/mol. The molecule has 0 saturated carbocycles. The number of carbonyl (C=O) groups is 3. The molecule has 1 fully saturated rings. The zero-order valence-corrected chi connectivity index (χ0v) is 17.2. The number of carbonyl (C=O) groups excluding carboxylic acids is 3. The molecule has 2 aliphatic rings. The second kappa shape index (κ2) is 7.30. The highest BCUT2D eigenvalue weighted by atomic mass is 35.5. The van der Waals surface area contributed by atoms with Gasteiger partial charge in [-0.15, -0.1) is 0 Å². The van der Waals surface area contributed by atoms with E-state index in [0.717, 1.165) is 16.1 Å². The van der Waals surface area contributed by atoms with Gasteiger partial charge >= 0.3 is 5.97 Å². The van der Waals surface area contributed by atoms with Crippen LogP contribution in [0.15, 0.2) is 58.5 Å². The SMILES string of the molecule is O=C1NN(c2ccc(Cl)c(Cl)c2)C(=O)/C1=C/c1ccc(-c2ccc3c(c2)COC3=O)o1. The van der Waals surface area contributed by atoms with Gasteiger partial charge in [-0.3, -0.25) is 15.0 Å². The van der Waals surface area contributed by atoms with Crippen molar-refractivity contribution < 1.29 is 23.5 Å². The summed E-state index contributed by atoms with van der Waals surface area (Å²) in [5.41, 5.74) is 4.86. The van der Waals surface area contributed by atoms with Crippen LogP contribution in [0.1, 0.15) is 21.7 Å². The molecule has 5 rings (SSSR count). The molecule has 154 valence electrons. The van der Waals surface area contributed by atoms with Gasteiger partial charge < -0.3 is 9.15 Å².